The molecule has 196 valence electrons. The van der Waals surface area contributed by atoms with E-state index in [2.05, 4.69) is 61.5 Å². The third-order valence-electron chi connectivity index (χ3n) is 6.87. The van der Waals surface area contributed by atoms with E-state index in [-0.39, 0.29) is 6.61 Å². The van der Waals surface area contributed by atoms with Crippen molar-refractivity contribution in [2.24, 2.45) is 5.10 Å². The number of hydrogen-bond donors (Lipinski definition) is 0. The fourth-order valence-corrected chi connectivity index (χ4v) is 8.93. The summed E-state index contributed by atoms with van der Waals surface area (Å²) in [6.07, 6.45) is 0. The van der Waals surface area contributed by atoms with Crippen LogP contribution in [0.5, 0.6) is 0 Å². The van der Waals surface area contributed by atoms with Crippen LogP contribution in [0.3, 0.4) is 0 Å². The molecular weight excluding hydrogens is 567 g/mol. The zero-order valence-electron chi connectivity index (χ0n) is 21.2. The topological polar surface area (TPSA) is 41.9 Å². The number of esters is 1. The molecule has 0 aromatic heterocycles. The molecule has 0 saturated heterocycles. The molecule has 1 atom stereocenters. The summed E-state index contributed by atoms with van der Waals surface area (Å²) < 4.78 is 3.99. The fraction of sp³-hybridized carbons (Fsp3) is 0.161. The second-order valence-electron chi connectivity index (χ2n) is 9.30. The van der Waals surface area contributed by atoms with Crippen molar-refractivity contribution in [2.45, 2.75) is 22.8 Å². The minimum Gasteiger partial charge on any atom is -0.461 e. The molecule has 2 heterocycles. The van der Waals surface area contributed by atoms with Crippen molar-refractivity contribution < 1.29 is 9.53 Å². The summed E-state index contributed by atoms with van der Waals surface area (Å²) in [4.78, 5) is 13.1. The van der Waals surface area contributed by atoms with Gasteiger partial charge >= 0.3 is 5.97 Å². The number of anilines is 1. The number of thioether (sulfide) groups is 2. The van der Waals surface area contributed by atoms with Crippen LogP contribution < -0.4 is 5.01 Å². The maximum Gasteiger partial charge on any atom is 0.365 e. The van der Waals surface area contributed by atoms with Crippen LogP contribution in [-0.2, 0) is 18.5 Å². The van der Waals surface area contributed by atoms with Crippen LogP contribution in [0.15, 0.2) is 102 Å². The van der Waals surface area contributed by atoms with Crippen molar-refractivity contribution in [3.8, 4) is 0 Å². The number of hydrazone groups is 1. The molecule has 4 nitrogen and oxygen atoms in total. The maximum absolute atomic E-state index is 13.1. The van der Waals surface area contributed by atoms with Crippen LogP contribution in [0.1, 0.15) is 34.7 Å². The van der Waals surface area contributed by atoms with Gasteiger partial charge in [0, 0.05) is 15.6 Å². The third kappa shape index (κ3) is 4.34. The molecule has 4 aromatic rings. The molecule has 2 aliphatic rings. The molecule has 0 bridgehead atoms. The minimum absolute atomic E-state index is 0.277. The molecule has 0 N–H and O–H groups in total. The molecule has 4 aromatic carbocycles. The molecule has 0 unspecified atom stereocenters. The van der Waals surface area contributed by atoms with Gasteiger partial charge in [-0.1, -0.05) is 113 Å². The second-order valence-corrected chi connectivity index (χ2v) is 13.0. The Hall–Kier alpha value is -2.90. The first-order chi connectivity index (χ1) is 18.9. The van der Waals surface area contributed by atoms with Crippen molar-refractivity contribution >= 4 is 63.4 Å². The van der Waals surface area contributed by atoms with Gasteiger partial charge in [-0.3, -0.25) is 0 Å². The molecule has 0 aliphatic carbocycles. The van der Waals surface area contributed by atoms with E-state index in [0.29, 0.717) is 15.1 Å². The Labute approximate surface area is 246 Å². The lowest BCUT2D eigenvalue weighted by atomic mass is 9.82. The van der Waals surface area contributed by atoms with E-state index in [9.17, 15) is 4.79 Å². The third-order valence-corrected chi connectivity index (χ3v) is 10.7. The summed E-state index contributed by atoms with van der Waals surface area (Å²) in [6.45, 7) is 4.13. The summed E-state index contributed by atoms with van der Waals surface area (Å²) in [7, 11) is 0. The number of fused-ring (bicyclic) bond motifs is 2. The SMILES string of the molecule is CCOC(=O)C1=NN(c2ccc(C)cc2)[C@@]2(S1)SC(c1ccc(Cl)cc1)(c1ccc(Cl)cc1)c1ccccc12. The Morgan fingerprint density at radius 1 is 0.846 bits per heavy atom. The second kappa shape index (κ2) is 10.3. The zero-order chi connectivity index (χ0) is 27.2. The largest absolute Gasteiger partial charge is 0.461 e. The van der Waals surface area contributed by atoms with Gasteiger partial charge in [-0.2, -0.15) is 5.10 Å². The molecular formula is C31H24Cl2N2O2S2. The van der Waals surface area contributed by atoms with E-state index in [1.807, 2.05) is 47.5 Å². The molecule has 0 fully saturated rings. The molecule has 8 heteroatoms. The van der Waals surface area contributed by atoms with E-state index in [0.717, 1.165) is 33.5 Å². The smallest absolute Gasteiger partial charge is 0.365 e. The number of benzene rings is 4. The number of halogens is 2. The predicted molar refractivity (Wildman–Crippen MR) is 164 cm³/mol. The van der Waals surface area contributed by atoms with Gasteiger partial charge in [-0.05, 0) is 66.9 Å². The number of hydrogen-bond acceptors (Lipinski definition) is 6. The number of ether oxygens (including phenoxy) is 1. The molecule has 1 spiro atoms. The number of carbonyl (C=O) groups is 1. The van der Waals surface area contributed by atoms with Crippen molar-refractivity contribution in [3.63, 3.8) is 0 Å². The first-order valence-corrected chi connectivity index (χ1v) is 14.9. The van der Waals surface area contributed by atoms with Crippen LogP contribution in [0.25, 0.3) is 0 Å². The predicted octanol–water partition coefficient (Wildman–Crippen LogP) is 8.58. The van der Waals surface area contributed by atoms with Crippen LogP contribution in [0.2, 0.25) is 10.0 Å². The lowest BCUT2D eigenvalue weighted by molar-refractivity contribution is -0.134. The van der Waals surface area contributed by atoms with Gasteiger partial charge in [-0.25, -0.2) is 9.80 Å². The van der Waals surface area contributed by atoms with Gasteiger partial charge in [0.15, 0.2) is 4.20 Å². The molecule has 6 rings (SSSR count). The molecule has 0 amide bonds. The number of aryl methyl sites for hydroxylation is 1. The highest BCUT2D eigenvalue weighted by Crippen LogP contribution is 2.71. The monoisotopic (exact) mass is 590 g/mol. The summed E-state index contributed by atoms with van der Waals surface area (Å²) >= 11 is 15.9. The highest BCUT2D eigenvalue weighted by molar-refractivity contribution is 8.27. The van der Waals surface area contributed by atoms with Crippen molar-refractivity contribution in [1.29, 1.82) is 0 Å². The summed E-state index contributed by atoms with van der Waals surface area (Å²) in [6, 6.07) is 32.6. The van der Waals surface area contributed by atoms with Gasteiger partial charge in [0.25, 0.3) is 0 Å². The van der Waals surface area contributed by atoms with Crippen LogP contribution in [0, 0.1) is 6.92 Å². The Bertz CT molecular complexity index is 1530. The van der Waals surface area contributed by atoms with Gasteiger partial charge in [0.2, 0.25) is 5.04 Å². The van der Waals surface area contributed by atoms with Crippen molar-refractivity contribution in [3.05, 3.63) is 135 Å². The zero-order valence-corrected chi connectivity index (χ0v) is 24.4. The molecule has 0 radical (unpaired) electrons. The van der Waals surface area contributed by atoms with Crippen LogP contribution in [0.4, 0.5) is 5.69 Å². The number of nitrogens with zero attached hydrogens (tertiary/aromatic N) is 2. The standard InChI is InChI=1S/C31H24Cl2N2O2S2/c1-3-37-29(36)28-34-35(25-18-8-20(2)9-19-25)31(38-28)27-7-5-4-6-26(27)30(39-31,21-10-14-23(32)15-11-21)22-12-16-24(33)17-13-22/h4-19H,3H2,1-2H3/t31-/m0/s1. The maximum atomic E-state index is 13.1. The van der Waals surface area contributed by atoms with Gasteiger partial charge in [0.05, 0.1) is 17.0 Å². The van der Waals surface area contributed by atoms with Crippen LogP contribution in [-0.4, -0.2) is 17.6 Å². The molecule has 2 aliphatic heterocycles. The highest BCUT2D eigenvalue weighted by Gasteiger charge is 2.62. The first kappa shape index (κ1) is 26.3. The Morgan fingerprint density at radius 2 is 1.41 bits per heavy atom. The fourth-order valence-electron chi connectivity index (χ4n) is 5.12. The normalized spacial score (nSPS) is 19.2. The lowest BCUT2D eigenvalue weighted by Crippen LogP contribution is -2.34. The quantitative estimate of drug-likeness (QED) is 0.218. The lowest BCUT2D eigenvalue weighted by Gasteiger charge is -2.37. The average molecular weight is 592 g/mol. The van der Waals surface area contributed by atoms with Crippen molar-refractivity contribution in [1.82, 2.24) is 0 Å². The summed E-state index contributed by atoms with van der Waals surface area (Å²) in [5.74, 6) is -0.426. The van der Waals surface area contributed by atoms with E-state index >= 15 is 0 Å². The average Bonchev–Trinajstić information content (AvgIpc) is 3.47. The summed E-state index contributed by atoms with van der Waals surface area (Å²) in [5.41, 5.74) is 6.34. The van der Waals surface area contributed by atoms with E-state index < -0.39 is 14.9 Å². The number of carbonyl (C=O) groups excluding carboxylic acids is 1. The van der Waals surface area contributed by atoms with E-state index in [1.165, 1.54) is 11.8 Å². The van der Waals surface area contributed by atoms with E-state index in [1.54, 1.807) is 18.7 Å². The Morgan fingerprint density at radius 3 is 1.97 bits per heavy atom. The minimum atomic E-state index is -0.785. The van der Waals surface area contributed by atoms with Gasteiger partial charge < -0.3 is 4.74 Å². The van der Waals surface area contributed by atoms with E-state index in [4.69, 9.17) is 33.0 Å². The Balaban J connectivity index is 1.62. The van der Waals surface area contributed by atoms with Crippen molar-refractivity contribution in [2.75, 3.05) is 11.6 Å². The number of rotatable bonds is 5. The van der Waals surface area contributed by atoms with Gasteiger partial charge in [-0.15, -0.1) is 0 Å². The van der Waals surface area contributed by atoms with Gasteiger partial charge in [0.1, 0.15) is 0 Å². The first-order valence-electron chi connectivity index (χ1n) is 12.5. The summed E-state index contributed by atoms with van der Waals surface area (Å²) in [5, 5.41) is 8.53. The Kier molecular flexibility index (Phi) is 6.92. The highest BCUT2D eigenvalue weighted by atomic mass is 35.5. The molecule has 0 saturated carbocycles. The molecule has 39 heavy (non-hydrogen) atoms. The van der Waals surface area contributed by atoms with Crippen LogP contribution >= 0.6 is 46.7 Å².